The molecule has 1 amide bonds. The standard InChI is InChI=1S/C17H21N3O2/c1-4-20-10-14(9-16(20)21)17-18-15(19-22-17)8-13-7-11(2)5-6-12(13)3/h5-7,14H,4,8-10H2,1-3H3/t14-/m0/s1. The third kappa shape index (κ3) is 2.89. The fourth-order valence-corrected chi connectivity index (χ4v) is 2.91. The zero-order valence-corrected chi connectivity index (χ0v) is 13.3. The van der Waals surface area contributed by atoms with Crippen LogP contribution in [0.3, 0.4) is 0 Å². The Hall–Kier alpha value is -2.17. The molecule has 0 saturated carbocycles. The van der Waals surface area contributed by atoms with Gasteiger partial charge >= 0.3 is 0 Å². The molecule has 1 aromatic carbocycles. The van der Waals surface area contributed by atoms with Crippen LogP contribution >= 0.6 is 0 Å². The Morgan fingerprint density at radius 2 is 2.18 bits per heavy atom. The number of aromatic nitrogens is 2. The van der Waals surface area contributed by atoms with Gasteiger partial charge < -0.3 is 9.42 Å². The van der Waals surface area contributed by atoms with Crippen molar-refractivity contribution in [3.05, 3.63) is 46.6 Å². The summed E-state index contributed by atoms with van der Waals surface area (Å²) in [5.41, 5.74) is 3.67. The molecule has 0 bridgehead atoms. The summed E-state index contributed by atoms with van der Waals surface area (Å²) in [7, 11) is 0. The summed E-state index contributed by atoms with van der Waals surface area (Å²) in [5.74, 6) is 1.48. The average Bonchev–Trinajstić information content (AvgIpc) is 3.09. The summed E-state index contributed by atoms with van der Waals surface area (Å²) in [5, 5.41) is 4.09. The lowest BCUT2D eigenvalue weighted by Crippen LogP contribution is -2.24. The van der Waals surface area contributed by atoms with Crippen molar-refractivity contribution in [1.82, 2.24) is 15.0 Å². The second-order valence-corrected chi connectivity index (χ2v) is 5.99. The number of hydrogen-bond donors (Lipinski definition) is 0. The minimum atomic E-state index is 0.0345. The maximum Gasteiger partial charge on any atom is 0.232 e. The summed E-state index contributed by atoms with van der Waals surface area (Å²) in [6.07, 6.45) is 1.13. The van der Waals surface area contributed by atoms with Crippen LogP contribution in [0.4, 0.5) is 0 Å². The Labute approximate surface area is 130 Å². The van der Waals surface area contributed by atoms with Gasteiger partial charge in [-0.25, -0.2) is 0 Å². The molecule has 0 unspecified atom stereocenters. The number of amides is 1. The molecule has 116 valence electrons. The first-order chi connectivity index (χ1) is 10.6. The van der Waals surface area contributed by atoms with E-state index >= 15 is 0 Å². The first-order valence-corrected chi connectivity index (χ1v) is 7.73. The van der Waals surface area contributed by atoms with Crippen molar-refractivity contribution in [3.63, 3.8) is 0 Å². The molecule has 22 heavy (non-hydrogen) atoms. The topological polar surface area (TPSA) is 59.2 Å². The van der Waals surface area contributed by atoms with Gasteiger partial charge in [0.05, 0.1) is 5.92 Å². The lowest BCUT2D eigenvalue weighted by atomic mass is 10.0. The van der Waals surface area contributed by atoms with Crippen molar-refractivity contribution in [2.45, 2.75) is 39.5 Å². The Balaban J connectivity index is 1.74. The zero-order valence-electron chi connectivity index (χ0n) is 13.3. The Bertz CT molecular complexity index is 693. The average molecular weight is 299 g/mol. The number of aryl methyl sites for hydroxylation is 2. The van der Waals surface area contributed by atoms with E-state index in [0.717, 1.165) is 6.54 Å². The molecule has 1 aromatic heterocycles. The third-order valence-corrected chi connectivity index (χ3v) is 4.28. The fourth-order valence-electron chi connectivity index (χ4n) is 2.91. The van der Waals surface area contributed by atoms with Crippen LogP contribution in [0, 0.1) is 13.8 Å². The highest BCUT2D eigenvalue weighted by atomic mass is 16.5. The maximum absolute atomic E-state index is 11.8. The van der Waals surface area contributed by atoms with E-state index in [1.807, 2.05) is 11.8 Å². The zero-order chi connectivity index (χ0) is 15.7. The number of benzene rings is 1. The van der Waals surface area contributed by atoms with Crippen LogP contribution in [0.15, 0.2) is 22.7 Å². The van der Waals surface area contributed by atoms with Gasteiger partial charge in [-0.2, -0.15) is 4.98 Å². The van der Waals surface area contributed by atoms with E-state index in [2.05, 4.69) is 42.2 Å². The number of likely N-dealkylation sites (N-methyl/N-ethyl adjacent to an activating group) is 1. The minimum Gasteiger partial charge on any atom is -0.342 e. The lowest BCUT2D eigenvalue weighted by molar-refractivity contribution is -0.127. The Morgan fingerprint density at radius 1 is 1.36 bits per heavy atom. The first-order valence-electron chi connectivity index (χ1n) is 7.73. The Morgan fingerprint density at radius 3 is 2.91 bits per heavy atom. The molecule has 0 aliphatic carbocycles. The summed E-state index contributed by atoms with van der Waals surface area (Å²) < 4.78 is 5.39. The van der Waals surface area contributed by atoms with E-state index < -0.39 is 0 Å². The maximum atomic E-state index is 11.8. The van der Waals surface area contributed by atoms with Crippen molar-refractivity contribution in [3.8, 4) is 0 Å². The predicted molar refractivity (Wildman–Crippen MR) is 82.6 cm³/mol. The van der Waals surface area contributed by atoms with Crippen molar-refractivity contribution >= 4 is 5.91 Å². The van der Waals surface area contributed by atoms with Gasteiger partial charge in [0.25, 0.3) is 0 Å². The van der Waals surface area contributed by atoms with Gasteiger partial charge in [-0.15, -0.1) is 0 Å². The molecule has 0 spiro atoms. The van der Waals surface area contributed by atoms with E-state index in [0.29, 0.717) is 31.1 Å². The highest BCUT2D eigenvalue weighted by molar-refractivity contribution is 5.79. The van der Waals surface area contributed by atoms with Crippen molar-refractivity contribution < 1.29 is 9.32 Å². The number of carbonyl (C=O) groups is 1. The van der Waals surface area contributed by atoms with E-state index in [1.165, 1.54) is 16.7 Å². The van der Waals surface area contributed by atoms with Gasteiger partial charge in [0.1, 0.15) is 0 Å². The quantitative estimate of drug-likeness (QED) is 0.870. The molecule has 2 heterocycles. The molecule has 1 aliphatic rings. The number of hydrogen-bond acceptors (Lipinski definition) is 4. The molecule has 1 saturated heterocycles. The van der Waals surface area contributed by atoms with Crippen LogP contribution in [-0.4, -0.2) is 34.0 Å². The number of rotatable bonds is 4. The molecule has 1 atom stereocenters. The number of carbonyl (C=O) groups excluding carboxylic acids is 1. The van der Waals surface area contributed by atoms with Gasteiger partial charge in [0.2, 0.25) is 11.8 Å². The summed E-state index contributed by atoms with van der Waals surface area (Å²) >= 11 is 0. The first kappa shape index (κ1) is 14.8. The number of likely N-dealkylation sites (tertiary alicyclic amines) is 1. The molecule has 0 radical (unpaired) electrons. The van der Waals surface area contributed by atoms with Gasteiger partial charge in [-0.3, -0.25) is 4.79 Å². The summed E-state index contributed by atoms with van der Waals surface area (Å²) in [6, 6.07) is 6.37. The van der Waals surface area contributed by atoms with Gasteiger partial charge in [-0.1, -0.05) is 28.9 Å². The molecule has 5 nitrogen and oxygen atoms in total. The Kier molecular flexibility index (Phi) is 3.96. The SMILES string of the molecule is CCN1C[C@@H](c2nc(Cc3cc(C)ccc3C)no2)CC1=O. The van der Waals surface area contributed by atoms with Crippen LogP contribution < -0.4 is 0 Å². The summed E-state index contributed by atoms with van der Waals surface area (Å²) in [6.45, 7) is 7.57. The van der Waals surface area contributed by atoms with Crippen LogP contribution in [0.2, 0.25) is 0 Å². The molecule has 2 aromatic rings. The molecule has 5 heteroatoms. The second-order valence-electron chi connectivity index (χ2n) is 5.99. The second kappa shape index (κ2) is 5.91. The summed E-state index contributed by atoms with van der Waals surface area (Å²) in [4.78, 5) is 18.1. The highest BCUT2D eigenvalue weighted by Gasteiger charge is 2.33. The van der Waals surface area contributed by atoms with Crippen LogP contribution in [0.25, 0.3) is 0 Å². The molecule has 1 fully saturated rings. The van der Waals surface area contributed by atoms with Crippen LogP contribution in [-0.2, 0) is 11.2 Å². The molecular formula is C17H21N3O2. The van der Waals surface area contributed by atoms with Crippen LogP contribution in [0.1, 0.15) is 47.7 Å². The van der Waals surface area contributed by atoms with Gasteiger partial charge in [-0.05, 0) is 31.9 Å². The van der Waals surface area contributed by atoms with Gasteiger partial charge in [0.15, 0.2) is 5.82 Å². The third-order valence-electron chi connectivity index (χ3n) is 4.28. The monoisotopic (exact) mass is 299 g/mol. The van der Waals surface area contributed by atoms with Crippen molar-refractivity contribution in [1.29, 1.82) is 0 Å². The van der Waals surface area contributed by atoms with Crippen molar-refractivity contribution in [2.75, 3.05) is 13.1 Å². The lowest BCUT2D eigenvalue weighted by Gasteiger charge is -2.11. The number of nitrogens with zero attached hydrogens (tertiary/aromatic N) is 3. The molecule has 3 rings (SSSR count). The van der Waals surface area contributed by atoms with E-state index in [4.69, 9.17) is 4.52 Å². The predicted octanol–water partition coefficient (Wildman–Crippen LogP) is 2.61. The fraction of sp³-hybridized carbons (Fsp3) is 0.471. The molecular weight excluding hydrogens is 278 g/mol. The minimum absolute atomic E-state index is 0.0345. The molecule has 0 N–H and O–H groups in total. The largest absolute Gasteiger partial charge is 0.342 e. The van der Waals surface area contributed by atoms with Gasteiger partial charge in [0, 0.05) is 25.9 Å². The van der Waals surface area contributed by atoms with Crippen molar-refractivity contribution in [2.24, 2.45) is 0 Å². The highest BCUT2D eigenvalue weighted by Crippen LogP contribution is 2.27. The van der Waals surface area contributed by atoms with E-state index in [-0.39, 0.29) is 11.8 Å². The van der Waals surface area contributed by atoms with E-state index in [1.54, 1.807) is 0 Å². The molecule has 1 aliphatic heterocycles. The van der Waals surface area contributed by atoms with Crippen LogP contribution in [0.5, 0.6) is 0 Å². The van der Waals surface area contributed by atoms with E-state index in [9.17, 15) is 4.79 Å². The normalized spacial score (nSPS) is 18.2. The smallest absolute Gasteiger partial charge is 0.232 e.